The van der Waals surface area contributed by atoms with Crippen molar-refractivity contribution in [1.82, 2.24) is 10.2 Å². The maximum Gasteiger partial charge on any atom is 0.223 e. The minimum atomic E-state index is 0.279. The standard InChI is InChI=1S/C14H20N2O/c1-11(15-2)13-8-14(17)16(10-13)9-12-6-4-3-5-7-12/h3-7,11,13,15H,8-10H2,1-2H3. The summed E-state index contributed by atoms with van der Waals surface area (Å²) in [4.78, 5) is 13.9. The maximum atomic E-state index is 11.9. The molecule has 1 aliphatic heterocycles. The summed E-state index contributed by atoms with van der Waals surface area (Å²) in [5, 5.41) is 3.23. The number of likely N-dealkylation sites (tertiary alicyclic amines) is 1. The van der Waals surface area contributed by atoms with Crippen LogP contribution in [0.3, 0.4) is 0 Å². The van der Waals surface area contributed by atoms with Crippen molar-refractivity contribution in [2.24, 2.45) is 5.92 Å². The molecule has 0 radical (unpaired) electrons. The molecule has 0 spiro atoms. The van der Waals surface area contributed by atoms with Gasteiger partial charge in [0, 0.05) is 31.5 Å². The highest BCUT2D eigenvalue weighted by Gasteiger charge is 2.32. The fraction of sp³-hybridized carbons (Fsp3) is 0.500. The summed E-state index contributed by atoms with van der Waals surface area (Å²) in [7, 11) is 1.95. The Balaban J connectivity index is 1.97. The summed E-state index contributed by atoms with van der Waals surface area (Å²) in [5.41, 5.74) is 1.21. The lowest BCUT2D eigenvalue weighted by atomic mass is 10.0. The molecule has 1 heterocycles. The molecule has 0 bridgehead atoms. The number of nitrogens with one attached hydrogen (secondary N) is 1. The third kappa shape index (κ3) is 2.86. The van der Waals surface area contributed by atoms with E-state index < -0.39 is 0 Å². The molecule has 1 saturated heterocycles. The van der Waals surface area contributed by atoms with Crippen LogP contribution in [-0.4, -0.2) is 30.4 Å². The van der Waals surface area contributed by atoms with Crippen LogP contribution in [0.5, 0.6) is 0 Å². The second kappa shape index (κ2) is 5.32. The van der Waals surface area contributed by atoms with Crippen LogP contribution in [0.1, 0.15) is 18.9 Å². The van der Waals surface area contributed by atoms with Gasteiger partial charge < -0.3 is 10.2 Å². The largest absolute Gasteiger partial charge is 0.338 e. The van der Waals surface area contributed by atoms with E-state index in [2.05, 4.69) is 24.4 Å². The Morgan fingerprint density at radius 3 is 2.76 bits per heavy atom. The summed E-state index contributed by atoms with van der Waals surface area (Å²) < 4.78 is 0. The first kappa shape index (κ1) is 12.1. The molecule has 3 nitrogen and oxygen atoms in total. The molecule has 1 fully saturated rings. The topological polar surface area (TPSA) is 32.3 Å². The molecule has 0 aromatic heterocycles. The van der Waals surface area contributed by atoms with Gasteiger partial charge in [-0.1, -0.05) is 30.3 Å². The Morgan fingerprint density at radius 2 is 2.12 bits per heavy atom. The average molecular weight is 232 g/mol. The van der Waals surface area contributed by atoms with Crippen molar-refractivity contribution in [3.8, 4) is 0 Å². The second-order valence-electron chi connectivity index (χ2n) is 4.80. The Hall–Kier alpha value is -1.35. The van der Waals surface area contributed by atoms with Gasteiger partial charge >= 0.3 is 0 Å². The van der Waals surface area contributed by atoms with Crippen molar-refractivity contribution >= 4 is 5.91 Å². The van der Waals surface area contributed by atoms with Crippen LogP contribution in [-0.2, 0) is 11.3 Å². The molecular formula is C14H20N2O. The summed E-state index contributed by atoms with van der Waals surface area (Å²) in [6.45, 7) is 3.76. The minimum absolute atomic E-state index is 0.279. The van der Waals surface area contributed by atoms with E-state index in [-0.39, 0.29) is 5.91 Å². The monoisotopic (exact) mass is 232 g/mol. The van der Waals surface area contributed by atoms with Crippen LogP contribution in [0.15, 0.2) is 30.3 Å². The summed E-state index contributed by atoms with van der Waals surface area (Å²) in [6.07, 6.45) is 0.675. The van der Waals surface area contributed by atoms with Gasteiger partial charge in [0.15, 0.2) is 0 Å². The van der Waals surface area contributed by atoms with Gasteiger partial charge in [0.1, 0.15) is 0 Å². The van der Waals surface area contributed by atoms with Crippen molar-refractivity contribution in [1.29, 1.82) is 0 Å². The van der Waals surface area contributed by atoms with Gasteiger partial charge in [-0.05, 0) is 19.5 Å². The first-order chi connectivity index (χ1) is 8.20. The van der Waals surface area contributed by atoms with Crippen LogP contribution in [0.25, 0.3) is 0 Å². The van der Waals surface area contributed by atoms with E-state index >= 15 is 0 Å². The first-order valence-electron chi connectivity index (χ1n) is 6.19. The molecule has 92 valence electrons. The fourth-order valence-corrected chi connectivity index (χ4v) is 2.33. The molecular weight excluding hydrogens is 212 g/mol. The van der Waals surface area contributed by atoms with Gasteiger partial charge in [0.05, 0.1) is 0 Å². The van der Waals surface area contributed by atoms with E-state index in [1.807, 2.05) is 30.1 Å². The van der Waals surface area contributed by atoms with E-state index in [4.69, 9.17) is 0 Å². The van der Waals surface area contributed by atoms with Crippen molar-refractivity contribution in [3.63, 3.8) is 0 Å². The van der Waals surface area contributed by atoms with Gasteiger partial charge in [-0.25, -0.2) is 0 Å². The van der Waals surface area contributed by atoms with Crippen LogP contribution in [0.2, 0.25) is 0 Å². The summed E-state index contributed by atoms with van der Waals surface area (Å²) in [6, 6.07) is 10.6. The third-order valence-electron chi connectivity index (χ3n) is 3.62. The Labute approximate surface area is 103 Å². The van der Waals surface area contributed by atoms with Crippen molar-refractivity contribution in [2.75, 3.05) is 13.6 Å². The van der Waals surface area contributed by atoms with Gasteiger partial charge in [-0.3, -0.25) is 4.79 Å². The summed E-state index contributed by atoms with van der Waals surface area (Å²) in [5.74, 6) is 0.720. The molecule has 0 saturated carbocycles. The number of benzene rings is 1. The normalized spacial score (nSPS) is 21.9. The maximum absolute atomic E-state index is 11.9. The van der Waals surface area contributed by atoms with Crippen molar-refractivity contribution < 1.29 is 4.79 Å². The molecule has 0 aliphatic carbocycles. The summed E-state index contributed by atoms with van der Waals surface area (Å²) >= 11 is 0. The van der Waals surface area contributed by atoms with Gasteiger partial charge in [-0.2, -0.15) is 0 Å². The highest BCUT2D eigenvalue weighted by atomic mass is 16.2. The molecule has 17 heavy (non-hydrogen) atoms. The second-order valence-corrected chi connectivity index (χ2v) is 4.80. The number of amides is 1. The SMILES string of the molecule is CNC(C)C1CC(=O)N(Cc2ccccc2)C1. The quantitative estimate of drug-likeness (QED) is 0.856. The molecule has 3 heteroatoms. The number of carbonyl (C=O) groups is 1. The van der Waals surface area contributed by atoms with Gasteiger partial charge in [-0.15, -0.1) is 0 Å². The zero-order chi connectivity index (χ0) is 12.3. The highest BCUT2D eigenvalue weighted by molar-refractivity contribution is 5.78. The lowest BCUT2D eigenvalue weighted by molar-refractivity contribution is -0.128. The van der Waals surface area contributed by atoms with Crippen LogP contribution >= 0.6 is 0 Å². The van der Waals surface area contributed by atoms with E-state index in [1.54, 1.807) is 0 Å². The molecule has 1 aromatic carbocycles. The Bertz CT molecular complexity index is 377. The molecule has 1 amide bonds. The van der Waals surface area contributed by atoms with Crippen molar-refractivity contribution in [2.45, 2.75) is 25.9 Å². The number of hydrogen-bond acceptors (Lipinski definition) is 2. The zero-order valence-corrected chi connectivity index (χ0v) is 10.5. The predicted molar refractivity (Wildman–Crippen MR) is 68.5 cm³/mol. The van der Waals surface area contributed by atoms with Crippen LogP contribution < -0.4 is 5.32 Å². The molecule has 2 unspecified atom stereocenters. The van der Waals surface area contributed by atoms with E-state index in [0.29, 0.717) is 18.4 Å². The molecule has 1 aromatic rings. The first-order valence-corrected chi connectivity index (χ1v) is 6.19. The van der Waals surface area contributed by atoms with E-state index in [0.717, 1.165) is 13.1 Å². The Kier molecular flexibility index (Phi) is 3.79. The smallest absolute Gasteiger partial charge is 0.223 e. The number of carbonyl (C=O) groups excluding carboxylic acids is 1. The minimum Gasteiger partial charge on any atom is -0.338 e. The van der Waals surface area contributed by atoms with E-state index in [9.17, 15) is 4.79 Å². The lowest BCUT2D eigenvalue weighted by Gasteiger charge is -2.20. The van der Waals surface area contributed by atoms with Crippen LogP contribution in [0, 0.1) is 5.92 Å². The number of rotatable bonds is 4. The highest BCUT2D eigenvalue weighted by Crippen LogP contribution is 2.22. The lowest BCUT2D eigenvalue weighted by Crippen LogP contribution is -2.32. The van der Waals surface area contributed by atoms with Gasteiger partial charge in [0.2, 0.25) is 5.91 Å². The average Bonchev–Trinajstić information content (AvgIpc) is 2.71. The Morgan fingerprint density at radius 1 is 1.41 bits per heavy atom. The van der Waals surface area contributed by atoms with Crippen molar-refractivity contribution in [3.05, 3.63) is 35.9 Å². The van der Waals surface area contributed by atoms with E-state index in [1.165, 1.54) is 5.56 Å². The fourth-order valence-electron chi connectivity index (χ4n) is 2.33. The van der Waals surface area contributed by atoms with Gasteiger partial charge in [0.25, 0.3) is 0 Å². The predicted octanol–water partition coefficient (Wildman–Crippen LogP) is 1.64. The molecule has 2 rings (SSSR count). The number of hydrogen-bond donors (Lipinski definition) is 1. The third-order valence-corrected chi connectivity index (χ3v) is 3.62. The molecule has 1 aliphatic rings. The van der Waals surface area contributed by atoms with Crippen LogP contribution in [0.4, 0.5) is 0 Å². The zero-order valence-electron chi connectivity index (χ0n) is 10.5. The number of nitrogens with zero attached hydrogens (tertiary/aromatic N) is 1. The molecule has 2 atom stereocenters. The molecule has 1 N–H and O–H groups in total.